The van der Waals surface area contributed by atoms with Gasteiger partial charge in [-0.15, -0.1) is 0 Å². The van der Waals surface area contributed by atoms with Gasteiger partial charge in [0.1, 0.15) is 11.5 Å². The van der Waals surface area contributed by atoms with E-state index < -0.39 is 22.8 Å². The Bertz CT molecular complexity index is 793. The first-order chi connectivity index (χ1) is 13.3. The highest BCUT2D eigenvalue weighted by Crippen LogP contribution is 2.60. The van der Waals surface area contributed by atoms with Crippen LogP contribution in [0.2, 0.25) is 0 Å². The van der Waals surface area contributed by atoms with Crippen molar-refractivity contribution in [2.24, 2.45) is 11.3 Å². The molecule has 0 unspecified atom stereocenters. The van der Waals surface area contributed by atoms with E-state index in [0.29, 0.717) is 5.75 Å². The Labute approximate surface area is 165 Å². The van der Waals surface area contributed by atoms with Crippen LogP contribution in [0, 0.1) is 11.3 Å². The van der Waals surface area contributed by atoms with Gasteiger partial charge >= 0.3 is 11.9 Å². The number of aryl methyl sites for hydroxylation is 1. The highest BCUT2D eigenvalue weighted by Gasteiger charge is 2.60. The topological polar surface area (TPSA) is 71.1 Å². The predicted molar refractivity (Wildman–Crippen MR) is 104 cm³/mol. The SMILES string of the molecule is C=C1CC(C(=O)OC)(C(=O)OC)C[C@@]2(C)c3c(cc(OC)cc3OC)CC[C@H]12. The van der Waals surface area contributed by atoms with Crippen LogP contribution in [0.15, 0.2) is 24.3 Å². The van der Waals surface area contributed by atoms with Crippen LogP contribution in [-0.4, -0.2) is 40.4 Å². The van der Waals surface area contributed by atoms with Gasteiger partial charge in [0, 0.05) is 17.0 Å². The minimum atomic E-state index is -1.41. The van der Waals surface area contributed by atoms with Crippen LogP contribution in [0.3, 0.4) is 0 Å². The molecule has 0 radical (unpaired) electrons. The van der Waals surface area contributed by atoms with Gasteiger partial charge in [0.2, 0.25) is 0 Å². The van der Waals surface area contributed by atoms with Gasteiger partial charge in [-0.2, -0.15) is 0 Å². The Morgan fingerprint density at radius 3 is 2.25 bits per heavy atom. The predicted octanol–water partition coefficient (Wildman–Crippen LogP) is 3.21. The summed E-state index contributed by atoms with van der Waals surface area (Å²) in [5.74, 6) is 0.378. The van der Waals surface area contributed by atoms with Gasteiger partial charge in [0.05, 0.1) is 28.4 Å². The number of benzene rings is 1. The standard InChI is InChI=1S/C22H28O6/c1-13-11-22(19(23)27-5,20(24)28-6)12-21(2)16(13)8-7-14-9-15(25-3)10-17(26-4)18(14)21/h9-10,16H,1,7-8,11-12H2,2-6H3/t16-,21-/m1/s1. The first-order valence-electron chi connectivity index (χ1n) is 9.37. The molecule has 0 aromatic heterocycles. The molecular formula is C22H28O6. The molecular weight excluding hydrogens is 360 g/mol. The normalized spacial score (nSPS) is 25.2. The van der Waals surface area contributed by atoms with Crippen LogP contribution < -0.4 is 9.47 Å². The third kappa shape index (κ3) is 2.77. The summed E-state index contributed by atoms with van der Waals surface area (Å²) in [4.78, 5) is 25.6. The third-order valence-electron chi connectivity index (χ3n) is 6.50. The van der Waals surface area contributed by atoms with Gasteiger partial charge in [-0.1, -0.05) is 19.1 Å². The second kappa shape index (κ2) is 7.15. The maximum absolute atomic E-state index is 12.8. The molecule has 0 heterocycles. The van der Waals surface area contributed by atoms with E-state index in [9.17, 15) is 9.59 Å². The molecule has 1 fully saturated rings. The minimum absolute atomic E-state index is 0.129. The van der Waals surface area contributed by atoms with Crippen molar-refractivity contribution in [1.29, 1.82) is 0 Å². The Balaban J connectivity index is 2.23. The van der Waals surface area contributed by atoms with Gasteiger partial charge in [0.15, 0.2) is 5.41 Å². The fraction of sp³-hybridized carbons (Fsp3) is 0.545. The molecule has 2 aliphatic rings. The van der Waals surface area contributed by atoms with Crippen LogP contribution in [-0.2, 0) is 30.9 Å². The van der Waals surface area contributed by atoms with E-state index in [1.165, 1.54) is 14.2 Å². The van der Waals surface area contributed by atoms with E-state index in [-0.39, 0.29) is 18.8 Å². The first-order valence-corrected chi connectivity index (χ1v) is 9.37. The Kier molecular flexibility index (Phi) is 5.17. The zero-order chi connectivity index (χ0) is 20.7. The fourth-order valence-electron chi connectivity index (χ4n) is 5.39. The monoisotopic (exact) mass is 388 g/mol. The summed E-state index contributed by atoms with van der Waals surface area (Å²) in [7, 11) is 5.83. The average Bonchev–Trinajstić information content (AvgIpc) is 2.70. The molecule has 1 aromatic carbocycles. The summed E-state index contributed by atoms with van der Waals surface area (Å²) >= 11 is 0. The lowest BCUT2D eigenvalue weighted by Gasteiger charge is -2.52. The molecule has 6 heteroatoms. The molecule has 0 spiro atoms. The lowest BCUT2D eigenvalue weighted by Crippen LogP contribution is -2.54. The van der Waals surface area contributed by atoms with Gasteiger partial charge in [-0.25, -0.2) is 0 Å². The summed E-state index contributed by atoms with van der Waals surface area (Å²) in [5.41, 5.74) is 1.04. The summed E-state index contributed by atoms with van der Waals surface area (Å²) in [6, 6.07) is 3.86. The molecule has 3 rings (SSSR count). The number of ether oxygens (including phenoxy) is 4. The highest BCUT2D eigenvalue weighted by atomic mass is 16.5. The van der Waals surface area contributed by atoms with Crippen LogP contribution >= 0.6 is 0 Å². The first kappa shape index (κ1) is 20.2. The molecule has 0 saturated heterocycles. The Hall–Kier alpha value is -2.50. The molecule has 0 N–H and O–H groups in total. The number of esters is 2. The third-order valence-corrected chi connectivity index (χ3v) is 6.50. The second-order valence-corrected chi connectivity index (χ2v) is 7.95. The van der Waals surface area contributed by atoms with E-state index in [1.54, 1.807) is 14.2 Å². The number of hydrogen-bond acceptors (Lipinski definition) is 6. The molecule has 2 aliphatic carbocycles. The second-order valence-electron chi connectivity index (χ2n) is 7.95. The number of carbonyl (C=O) groups excluding carboxylic acids is 2. The molecule has 0 aliphatic heterocycles. The number of fused-ring (bicyclic) bond motifs is 3. The number of hydrogen-bond donors (Lipinski definition) is 0. The van der Waals surface area contributed by atoms with Crippen LogP contribution in [0.5, 0.6) is 11.5 Å². The highest BCUT2D eigenvalue weighted by molar-refractivity contribution is 6.01. The maximum Gasteiger partial charge on any atom is 0.323 e. The van der Waals surface area contributed by atoms with Crippen molar-refractivity contribution < 1.29 is 28.5 Å². The summed E-state index contributed by atoms with van der Waals surface area (Å²) in [5, 5.41) is 0. The van der Waals surface area contributed by atoms with Gasteiger partial charge in [0.25, 0.3) is 0 Å². The van der Waals surface area contributed by atoms with Crippen LogP contribution in [0.25, 0.3) is 0 Å². The van der Waals surface area contributed by atoms with E-state index in [2.05, 4.69) is 13.5 Å². The summed E-state index contributed by atoms with van der Waals surface area (Å²) in [6.07, 6.45) is 2.25. The molecule has 6 nitrogen and oxygen atoms in total. The average molecular weight is 388 g/mol. The lowest BCUT2D eigenvalue weighted by molar-refractivity contribution is -0.173. The largest absolute Gasteiger partial charge is 0.497 e. The van der Waals surface area contributed by atoms with E-state index in [0.717, 1.165) is 35.3 Å². The summed E-state index contributed by atoms with van der Waals surface area (Å²) < 4.78 is 21.2. The van der Waals surface area contributed by atoms with Crippen molar-refractivity contribution in [2.45, 2.75) is 38.0 Å². The van der Waals surface area contributed by atoms with Crippen molar-refractivity contribution in [2.75, 3.05) is 28.4 Å². The number of methoxy groups -OCH3 is 4. The molecule has 0 amide bonds. The van der Waals surface area contributed by atoms with E-state index in [4.69, 9.17) is 18.9 Å². The molecule has 2 atom stereocenters. The molecule has 28 heavy (non-hydrogen) atoms. The van der Waals surface area contributed by atoms with Crippen molar-refractivity contribution in [3.05, 3.63) is 35.4 Å². The molecule has 152 valence electrons. The van der Waals surface area contributed by atoms with Gasteiger partial charge in [-0.05, 0) is 43.2 Å². The molecule has 1 saturated carbocycles. The zero-order valence-corrected chi connectivity index (χ0v) is 17.2. The van der Waals surface area contributed by atoms with Crippen molar-refractivity contribution in [3.8, 4) is 11.5 Å². The van der Waals surface area contributed by atoms with Crippen LogP contribution in [0.4, 0.5) is 0 Å². The van der Waals surface area contributed by atoms with Gasteiger partial charge < -0.3 is 18.9 Å². The zero-order valence-electron chi connectivity index (χ0n) is 17.2. The Morgan fingerprint density at radius 2 is 1.71 bits per heavy atom. The molecule has 1 aromatic rings. The number of rotatable bonds is 4. The smallest absolute Gasteiger partial charge is 0.323 e. The number of carbonyl (C=O) groups is 2. The van der Waals surface area contributed by atoms with E-state index >= 15 is 0 Å². The van der Waals surface area contributed by atoms with Crippen molar-refractivity contribution >= 4 is 11.9 Å². The van der Waals surface area contributed by atoms with Crippen molar-refractivity contribution in [1.82, 2.24) is 0 Å². The Morgan fingerprint density at radius 1 is 1.07 bits per heavy atom. The fourth-order valence-corrected chi connectivity index (χ4v) is 5.39. The quantitative estimate of drug-likeness (QED) is 0.448. The minimum Gasteiger partial charge on any atom is -0.497 e. The van der Waals surface area contributed by atoms with E-state index in [1.807, 2.05) is 12.1 Å². The molecule has 0 bridgehead atoms. The van der Waals surface area contributed by atoms with Crippen LogP contribution in [0.1, 0.15) is 37.3 Å². The van der Waals surface area contributed by atoms with Crippen molar-refractivity contribution in [3.63, 3.8) is 0 Å². The lowest BCUT2D eigenvalue weighted by atomic mass is 9.50. The van der Waals surface area contributed by atoms with Gasteiger partial charge in [-0.3, -0.25) is 9.59 Å². The number of allylic oxidation sites excluding steroid dienone is 1. The maximum atomic E-state index is 12.8. The summed E-state index contributed by atoms with van der Waals surface area (Å²) in [6.45, 7) is 6.33.